The van der Waals surface area contributed by atoms with Crippen molar-refractivity contribution < 1.29 is 34.7 Å². The van der Waals surface area contributed by atoms with Crippen LogP contribution in [-0.2, 0) is 37.6 Å². The Morgan fingerprint density at radius 2 is 1.67 bits per heavy atom. The molecule has 4 aromatic rings. The van der Waals surface area contributed by atoms with Crippen molar-refractivity contribution >= 4 is 60.3 Å². The van der Waals surface area contributed by atoms with Crippen molar-refractivity contribution in [1.82, 2.24) is 19.8 Å². The van der Waals surface area contributed by atoms with Crippen LogP contribution in [0, 0.1) is 5.41 Å². The van der Waals surface area contributed by atoms with Gasteiger partial charge in [-0.25, -0.2) is 26.8 Å². The third kappa shape index (κ3) is 10.7. The zero-order valence-electron chi connectivity index (χ0n) is 34.3. The smallest absolute Gasteiger partial charge is 0.379 e. The van der Waals surface area contributed by atoms with Gasteiger partial charge in [0, 0.05) is 61.8 Å². The Morgan fingerprint density at radius 3 is 2.38 bits per heavy atom. The van der Waals surface area contributed by atoms with E-state index in [4.69, 9.17) is 16.3 Å². The number of nitrogens with one attached hydrogen (secondary N) is 1. The average Bonchev–Trinajstić information content (AvgIpc) is 3.22. The maximum absolute atomic E-state index is 14.4. The first-order valence-corrected chi connectivity index (χ1v) is 24.4. The molecule has 3 heterocycles. The fourth-order valence-electron chi connectivity index (χ4n) is 8.20. The Kier molecular flexibility index (Phi) is 13.8. The van der Waals surface area contributed by atoms with Gasteiger partial charge in [-0.2, -0.15) is 13.2 Å². The summed E-state index contributed by atoms with van der Waals surface area (Å²) in [5.41, 5.74) is -0.874. The highest BCUT2D eigenvalue weighted by molar-refractivity contribution is 8.00. The normalized spacial score (nSPS) is 18.4. The summed E-state index contributed by atoms with van der Waals surface area (Å²) in [7, 11) is -9.14. The molecule has 1 aromatic heterocycles. The molecule has 0 saturated carbocycles. The molecule has 328 valence electrons. The van der Waals surface area contributed by atoms with Gasteiger partial charge >= 0.3 is 5.51 Å². The monoisotopic (exact) mass is 918 g/mol. The zero-order chi connectivity index (χ0) is 43.6. The minimum absolute atomic E-state index is 0.00613. The molecule has 2 aliphatic heterocycles. The van der Waals surface area contributed by atoms with Crippen LogP contribution in [0.2, 0.25) is 5.02 Å². The number of rotatable bonds is 14. The van der Waals surface area contributed by atoms with Gasteiger partial charge in [-0.15, -0.1) is 11.8 Å². The van der Waals surface area contributed by atoms with Crippen LogP contribution >= 0.6 is 23.4 Å². The number of sulfone groups is 1. The lowest BCUT2D eigenvalue weighted by atomic mass is 9.72. The van der Waals surface area contributed by atoms with Gasteiger partial charge in [0.1, 0.15) is 17.0 Å². The maximum atomic E-state index is 14.4. The molecular weight excluding hydrogens is 869 g/mol. The molecule has 0 spiro atoms. The Morgan fingerprint density at radius 1 is 0.951 bits per heavy atom. The number of nitrogens with zero attached hydrogens (tertiary/aromatic N) is 5. The van der Waals surface area contributed by atoms with Gasteiger partial charge in [0.2, 0.25) is 0 Å². The molecule has 3 aliphatic rings. The van der Waals surface area contributed by atoms with Crippen LogP contribution in [0.4, 0.5) is 24.7 Å². The van der Waals surface area contributed by atoms with Crippen molar-refractivity contribution in [3.8, 4) is 0 Å². The van der Waals surface area contributed by atoms with Gasteiger partial charge < -0.3 is 9.64 Å². The van der Waals surface area contributed by atoms with Crippen molar-refractivity contribution in [2.45, 2.75) is 78.1 Å². The van der Waals surface area contributed by atoms with Crippen LogP contribution in [0.5, 0.6) is 0 Å². The van der Waals surface area contributed by atoms with Crippen molar-refractivity contribution in [3.05, 3.63) is 107 Å². The highest BCUT2D eigenvalue weighted by Gasteiger charge is 2.49. The van der Waals surface area contributed by atoms with Crippen LogP contribution < -0.4 is 9.62 Å². The topological polar surface area (TPSA) is 125 Å². The first-order chi connectivity index (χ1) is 28.9. The molecule has 11 nitrogen and oxygen atoms in total. The lowest BCUT2D eigenvalue weighted by Crippen LogP contribution is -2.40. The number of fused-ring (bicyclic) bond motifs is 1. The molecule has 1 aliphatic carbocycles. The number of benzene rings is 3. The van der Waals surface area contributed by atoms with Crippen molar-refractivity contribution in [1.29, 1.82) is 0 Å². The Balaban J connectivity index is 1.15. The molecule has 1 N–H and O–H groups in total. The lowest BCUT2D eigenvalue weighted by molar-refractivity contribution is -0.0435. The number of hydrogen-bond acceptors (Lipinski definition) is 11. The molecule has 0 radical (unpaired) electrons. The van der Waals surface area contributed by atoms with Gasteiger partial charge in [-0.05, 0) is 91.1 Å². The molecule has 3 aromatic carbocycles. The Hall–Kier alpha value is -3.71. The second kappa shape index (κ2) is 18.6. The van der Waals surface area contributed by atoms with E-state index in [0.29, 0.717) is 87.7 Å². The van der Waals surface area contributed by atoms with Crippen molar-refractivity contribution in [3.63, 3.8) is 0 Å². The molecule has 7 rings (SSSR count). The van der Waals surface area contributed by atoms with E-state index in [1.165, 1.54) is 41.2 Å². The van der Waals surface area contributed by atoms with E-state index in [0.717, 1.165) is 41.9 Å². The summed E-state index contributed by atoms with van der Waals surface area (Å²) >= 11 is 7.57. The molecular formula is C43H50ClF3N6O5S3. The molecule has 61 heavy (non-hydrogen) atoms. The number of hydrogen-bond donors (Lipinski definition) is 1. The lowest BCUT2D eigenvalue weighted by Gasteiger charge is -2.37. The van der Waals surface area contributed by atoms with E-state index in [-0.39, 0.29) is 16.9 Å². The standard InChI is InChI=1S/C43H50ClF3N6O5S3/c1-42(2)18-15-35(30-9-11-32(44)12-10-30)31(26-42)27-53-19-16-36-37(28-53)48-29-49-41(36)50-61(56,57)34-13-14-38(39(25-34)60(54,55)43(45,46)47)51(3)40(59-33-7-5-4-6-8-33)17-20-52-21-23-58-24-22-52/h4-14,25,29,40H,15-24,26-28H2,1-3H3,(H,48,49,50)/t40-/m1/s1. The SMILES string of the molecule is CN(c1ccc(S(=O)(=O)Nc2ncnc3c2CCN(CC2=C(c4ccc(Cl)cc4)CCC(C)(C)C2)C3)cc1S(=O)(=O)C(F)(F)F)[C@@H](CCN1CCOCC1)Sc1ccccc1. The molecule has 18 heteroatoms. The highest BCUT2D eigenvalue weighted by Crippen LogP contribution is 2.44. The average molecular weight is 920 g/mol. The van der Waals surface area contributed by atoms with Crippen LogP contribution in [-0.4, -0.2) is 100 Å². The maximum Gasteiger partial charge on any atom is 0.501 e. The van der Waals surface area contributed by atoms with Crippen LogP contribution in [0.3, 0.4) is 0 Å². The van der Waals surface area contributed by atoms with Crippen LogP contribution in [0.25, 0.3) is 5.57 Å². The number of anilines is 2. The predicted octanol–water partition coefficient (Wildman–Crippen LogP) is 8.52. The largest absolute Gasteiger partial charge is 0.501 e. The summed E-state index contributed by atoms with van der Waals surface area (Å²) in [6.45, 7) is 9.32. The van der Waals surface area contributed by atoms with E-state index in [1.54, 1.807) is 0 Å². The second-order valence-corrected chi connectivity index (χ2v) is 21.7. The number of ether oxygens (including phenoxy) is 1. The minimum atomic E-state index is -6.02. The summed E-state index contributed by atoms with van der Waals surface area (Å²) in [5.74, 6) is -0.00613. The van der Waals surface area contributed by atoms with Crippen molar-refractivity contribution in [2.24, 2.45) is 5.41 Å². The summed E-state index contributed by atoms with van der Waals surface area (Å²) in [4.78, 5) is 13.7. The summed E-state index contributed by atoms with van der Waals surface area (Å²) in [5, 5.41) is 0.153. The van der Waals surface area contributed by atoms with E-state index in [9.17, 15) is 30.0 Å². The second-order valence-electron chi connectivity index (χ2n) is 16.5. The zero-order valence-corrected chi connectivity index (χ0v) is 37.5. The first kappa shape index (κ1) is 45.3. The van der Waals surface area contributed by atoms with Gasteiger partial charge in [0.15, 0.2) is 0 Å². The van der Waals surface area contributed by atoms with Gasteiger partial charge in [0.05, 0.1) is 34.9 Å². The third-order valence-corrected chi connectivity index (χ3v) is 16.0. The minimum Gasteiger partial charge on any atom is -0.379 e. The highest BCUT2D eigenvalue weighted by atomic mass is 35.5. The molecule has 1 fully saturated rings. The van der Waals surface area contributed by atoms with Crippen LogP contribution in [0.15, 0.2) is 99.4 Å². The fraction of sp³-hybridized carbons (Fsp3) is 0.442. The predicted molar refractivity (Wildman–Crippen MR) is 234 cm³/mol. The summed E-state index contributed by atoms with van der Waals surface area (Å²) < 4.78 is 106. The molecule has 0 unspecified atom stereocenters. The van der Waals surface area contributed by atoms with E-state index < -0.39 is 40.5 Å². The number of aromatic nitrogens is 2. The molecule has 1 atom stereocenters. The molecule has 0 amide bonds. The van der Waals surface area contributed by atoms with E-state index >= 15 is 0 Å². The summed E-state index contributed by atoms with van der Waals surface area (Å²) in [6.07, 6.45) is 5.03. The van der Waals surface area contributed by atoms with E-state index in [1.807, 2.05) is 42.5 Å². The summed E-state index contributed by atoms with van der Waals surface area (Å²) in [6, 6.07) is 20.0. The number of thioether (sulfide) groups is 1. The number of allylic oxidation sites excluding steroid dienone is 1. The number of alkyl halides is 3. The van der Waals surface area contributed by atoms with E-state index in [2.05, 4.69) is 50.5 Å². The van der Waals surface area contributed by atoms with Gasteiger partial charge in [0.25, 0.3) is 19.9 Å². The first-order valence-electron chi connectivity index (χ1n) is 20.1. The molecule has 0 bridgehead atoms. The Bertz CT molecular complexity index is 2450. The number of morpholine rings is 1. The van der Waals surface area contributed by atoms with Crippen molar-refractivity contribution in [2.75, 3.05) is 62.6 Å². The quantitative estimate of drug-likeness (QED) is 0.0967. The number of sulfonamides is 1. The van der Waals surface area contributed by atoms with Crippen LogP contribution in [0.1, 0.15) is 56.4 Å². The van der Waals surface area contributed by atoms with Gasteiger partial charge in [-0.3, -0.25) is 14.5 Å². The molecule has 1 saturated heterocycles. The Labute approximate surface area is 365 Å². The third-order valence-electron chi connectivity index (χ3n) is 11.6. The van der Waals surface area contributed by atoms with Gasteiger partial charge in [-0.1, -0.05) is 61.4 Å². The fourth-order valence-corrected chi connectivity index (χ4v) is 11.6. The number of halogens is 4.